The van der Waals surface area contributed by atoms with Crippen molar-refractivity contribution < 1.29 is 4.42 Å². The standard InChI is InChI=1S/C38H24N4O/c1-4-14-26(15-5-1)35-40-36(27-16-6-2-7-17-27)42-37(41-35)32-23-29(31-22-12-20-25-13-10-11-21-30(25)31)24-33-34(32)39-38(43-33)28-18-8-3-9-19-28/h1-24H. The van der Waals surface area contributed by atoms with Gasteiger partial charge in [0.1, 0.15) is 5.52 Å². The summed E-state index contributed by atoms with van der Waals surface area (Å²) in [6, 6.07) is 48.9. The van der Waals surface area contributed by atoms with Gasteiger partial charge in [-0.1, -0.05) is 121 Å². The first-order chi connectivity index (χ1) is 21.3. The quantitative estimate of drug-likeness (QED) is 0.213. The van der Waals surface area contributed by atoms with Crippen molar-refractivity contribution in [2.75, 3.05) is 0 Å². The SMILES string of the molecule is c1ccc(-c2nc(-c3ccccc3)nc(-c3cc(-c4cccc5ccccc45)cc4oc(-c5ccccc5)nc34)n2)cc1. The van der Waals surface area contributed by atoms with Crippen LogP contribution < -0.4 is 0 Å². The van der Waals surface area contributed by atoms with Crippen LogP contribution in [-0.4, -0.2) is 19.9 Å². The van der Waals surface area contributed by atoms with Crippen molar-refractivity contribution >= 4 is 21.9 Å². The summed E-state index contributed by atoms with van der Waals surface area (Å²) >= 11 is 0. The van der Waals surface area contributed by atoms with Gasteiger partial charge in [0.25, 0.3) is 0 Å². The van der Waals surface area contributed by atoms with Crippen LogP contribution in [0.1, 0.15) is 0 Å². The summed E-state index contributed by atoms with van der Waals surface area (Å²) < 4.78 is 6.44. The van der Waals surface area contributed by atoms with Gasteiger partial charge in [0.05, 0.1) is 0 Å². The molecule has 0 atom stereocenters. The summed E-state index contributed by atoms with van der Waals surface area (Å²) in [5.74, 6) is 2.28. The van der Waals surface area contributed by atoms with Crippen molar-refractivity contribution in [1.82, 2.24) is 19.9 Å². The second-order valence-corrected chi connectivity index (χ2v) is 10.3. The first-order valence-corrected chi connectivity index (χ1v) is 14.2. The number of benzene rings is 6. The van der Waals surface area contributed by atoms with Crippen molar-refractivity contribution in [3.05, 3.63) is 146 Å². The highest BCUT2D eigenvalue weighted by atomic mass is 16.3. The molecule has 2 aromatic heterocycles. The summed E-state index contributed by atoms with van der Waals surface area (Å²) in [4.78, 5) is 19.9. The van der Waals surface area contributed by atoms with E-state index >= 15 is 0 Å². The summed E-state index contributed by atoms with van der Waals surface area (Å²) in [6.07, 6.45) is 0. The van der Waals surface area contributed by atoms with E-state index in [1.165, 1.54) is 5.39 Å². The number of oxazole rings is 1. The Morgan fingerprint density at radius 3 is 1.63 bits per heavy atom. The third kappa shape index (κ3) is 4.63. The molecule has 0 bridgehead atoms. The highest BCUT2D eigenvalue weighted by molar-refractivity contribution is 6.01. The highest BCUT2D eigenvalue weighted by Crippen LogP contribution is 2.38. The zero-order valence-corrected chi connectivity index (χ0v) is 23.1. The molecule has 2 heterocycles. The summed E-state index contributed by atoms with van der Waals surface area (Å²) in [5.41, 5.74) is 6.97. The van der Waals surface area contributed by atoms with E-state index in [1.807, 2.05) is 91.0 Å². The number of nitrogens with zero attached hydrogens (tertiary/aromatic N) is 4. The van der Waals surface area contributed by atoms with Gasteiger partial charge in [-0.2, -0.15) is 0 Å². The maximum atomic E-state index is 6.44. The maximum absolute atomic E-state index is 6.44. The molecule has 8 aromatic rings. The zero-order chi connectivity index (χ0) is 28.6. The van der Waals surface area contributed by atoms with E-state index in [-0.39, 0.29) is 0 Å². The molecule has 0 aliphatic rings. The zero-order valence-electron chi connectivity index (χ0n) is 23.1. The second kappa shape index (κ2) is 10.5. The second-order valence-electron chi connectivity index (χ2n) is 10.3. The maximum Gasteiger partial charge on any atom is 0.227 e. The van der Waals surface area contributed by atoms with Crippen LogP contribution in [0.4, 0.5) is 0 Å². The molecule has 8 rings (SSSR count). The summed E-state index contributed by atoms with van der Waals surface area (Å²) in [5, 5.41) is 2.32. The Morgan fingerprint density at radius 1 is 0.395 bits per heavy atom. The molecule has 43 heavy (non-hydrogen) atoms. The van der Waals surface area contributed by atoms with Crippen LogP contribution in [0.5, 0.6) is 0 Å². The fourth-order valence-electron chi connectivity index (χ4n) is 5.47. The molecule has 202 valence electrons. The first kappa shape index (κ1) is 24.8. The minimum atomic E-state index is 0.535. The Balaban J connectivity index is 1.42. The smallest absolute Gasteiger partial charge is 0.227 e. The Bertz CT molecular complexity index is 2160. The lowest BCUT2D eigenvalue weighted by Crippen LogP contribution is -2.00. The molecule has 0 aliphatic heterocycles. The molecule has 0 fully saturated rings. The van der Waals surface area contributed by atoms with Crippen LogP contribution in [0.15, 0.2) is 150 Å². The lowest BCUT2D eigenvalue weighted by molar-refractivity contribution is 0.620. The monoisotopic (exact) mass is 552 g/mol. The van der Waals surface area contributed by atoms with Gasteiger partial charge < -0.3 is 4.42 Å². The average molecular weight is 553 g/mol. The summed E-state index contributed by atoms with van der Waals surface area (Å²) in [7, 11) is 0. The van der Waals surface area contributed by atoms with Gasteiger partial charge in [-0.15, -0.1) is 0 Å². The van der Waals surface area contributed by atoms with E-state index in [9.17, 15) is 0 Å². The molecule has 5 nitrogen and oxygen atoms in total. The van der Waals surface area contributed by atoms with Crippen LogP contribution >= 0.6 is 0 Å². The van der Waals surface area contributed by atoms with Crippen molar-refractivity contribution in [3.63, 3.8) is 0 Å². The molecule has 0 spiro atoms. The molecular weight excluding hydrogens is 528 g/mol. The van der Waals surface area contributed by atoms with Gasteiger partial charge >= 0.3 is 0 Å². The van der Waals surface area contributed by atoms with E-state index in [1.54, 1.807) is 0 Å². The van der Waals surface area contributed by atoms with Crippen LogP contribution in [0.3, 0.4) is 0 Å². The lowest BCUT2D eigenvalue weighted by atomic mass is 9.96. The largest absolute Gasteiger partial charge is 0.436 e. The lowest BCUT2D eigenvalue weighted by Gasteiger charge is -2.11. The molecule has 6 aromatic carbocycles. The normalized spacial score (nSPS) is 11.3. The first-order valence-electron chi connectivity index (χ1n) is 14.2. The number of fused-ring (bicyclic) bond motifs is 2. The van der Waals surface area contributed by atoms with E-state index in [4.69, 9.17) is 24.4 Å². The fraction of sp³-hybridized carbons (Fsp3) is 0. The van der Waals surface area contributed by atoms with Gasteiger partial charge in [-0.05, 0) is 46.2 Å². The van der Waals surface area contributed by atoms with Crippen LogP contribution in [0.2, 0.25) is 0 Å². The van der Waals surface area contributed by atoms with Crippen molar-refractivity contribution in [1.29, 1.82) is 0 Å². The van der Waals surface area contributed by atoms with E-state index < -0.39 is 0 Å². The topological polar surface area (TPSA) is 64.7 Å². The number of aromatic nitrogens is 4. The molecule has 0 radical (unpaired) electrons. The minimum absolute atomic E-state index is 0.535. The van der Waals surface area contributed by atoms with Gasteiger partial charge in [0, 0.05) is 22.3 Å². The van der Waals surface area contributed by atoms with Gasteiger partial charge in [0.15, 0.2) is 23.1 Å². The molecular formula is C38H24N4O. The van der Waals surface area contributed by atoms with Crippen molar-refractivity contribution in [3.8, 4) is 56.7 Å². The Morgan fingerprint density at radius 2 is 0.953 bits per heavy atom. The molecule has 0 N–H and O–H groups in total. The predicted octanol–water partition coefficient (Wildman–Crippen LogP) is 9.50. The molecule has 0 aliphatic carbocycles. The number of hydrogen-bond donors (Lipinski definition) is 0. The third-order valence-corrected chi connectivity index (χ3v) is 7.56. The van der Waals surface area contributed by atoms with Gasteiger partial charge in [-0.25, -0.2) is 19.9 Å². The van der Waals surface area contributed by atoms with Crippen LogP contribution in [-0.2, 0) is 0 Å². The third-order valence-electron chi connectivity index (χ3n) is 7.56. The fourth-order valence-corrected chi connectivity index (χ4v) is 5.47. The van der Waals surface area contributed by atoms with E-state index in [0.29, 0.717) is 34.5 Å². The average Bonchev–Trinajstić information content (AvgIpc) is 3.53. The Hall–Kier alpha value is -5.94. The number of hydrogen-bond acceptors (Lipinski definition) is 5. The molecule has 5 heteroatoms. The van der Waals surface area contributed by atoms with Crippen molar-refractivity contribution in [2.24, 2.45) is 0 Å². The summed E-state index contributed by atoms with van der Waals surface area (Å²) in [6.45, 7) is 0. The van der Waals surface area contributed by atoms with E-state index in [2.05, 4.69) is 54.6 Å². The molecule has 0 saturated heterocycles. The van der Waals surface area contributed by atoms with E-state index in [0.717, 1.165) is 38.8 Å². The van der Waals surface area contributed by atoms with Crippen LogP contribution in [0, 0.1) is 0 Å². The van der Waals surface area contributed by atoms with Crippen molar-refractivity contribution in [2.45, 2.75) is 0 Å². The minimum Gasteiger partial charge on any atom is -0.436 e. The number of rotatable bonds is 5. The van der Waals surface area contributed by atoms with Crippen LogP contribution in [0.25, 0.3) is 78.6 Å². The Kier molecular flexibility index (Phi) is 6.05. The predicted molar refractivity (Wildman–Crippen MR) is 172 cm³/mol. The Labute approximate surface area is 248 Å². The molecule has 0 unspecified atom stereocenters. The van der Waals surface area contributed by atoms with Gasteiger partial charge in [-0.3, -0.25) is 0 Å². The van der Waals surface area contributed by atoms with Gasteiger partial charge in [0.2, 0.25) is 5.89 Å². The molecule has 0 saturated carbocycles. The molecule has 0 amide bonds. The highest BCUT2D eigenvalue weighted by Gasteiger charge is 2.20.